The van der Waals surface area contributed by atoms with E-state index >= 15 is 0 Å². The number of hydrogen-bond acceptors (Lipinski definition) is 6. The molecule has 0 N–H and O–H groups in total. The Bertz CT molecular complexity index is 888. The minimum atomic E-state index is -0.894. The molecule has 3 amide bonds. The van der Waals surface area contributed by atoms with E-state index in [2.05, 4.69) is 0 Å². The summed E-state index contributed by atoms with van der Waals surface area (Å²) in [7, 11) is 1.26. The van der Waals surface area contributed by atoms with Gasteiger partial charge in [0.1, 0.15) is 6.04 Å². The van der Waals surface area contributed by atoms with E-state index in [1.165, 1.54) is 23.3 Å². The van der Waals surface area contributed by atoms with Crippen LogP contribution in [0.4, 0.5) is 0 Å². The van der Waals surface area contributed by atoms with Crippen LogP contribution >= 0.6 is 11.3 Å². The first-order chi connectivity index (χ1) is 12.5. The molecule has 2 aliphatic heterocycles. The summed E-state index contributed by atoms with van der Waals surface area (Å²) in [6, 6.07) is 8.25. The summed E-state index contributed by atoms with van der Waals surface area (Å²) in [5, 5.41) is 1.80. The van der Waals surface area contributed by atoms with Gasteiger partial charge in [0.2, 0.25) is 5.91 Å². The number of benzene rings is 1. The van der Waals surface area contributed by atoms with E-state index in [9.17, 15) is 19.2 Å². The molecule has 0 bridgehead atoms. The predicted octanol–water partition coefficient (Wildman–Crippen LogP) is 1.47. The van der Waals surface area contributed by atoms with E-state index in [1.807, 2.05) is 0 Å². The van der Waals surface area contributed by atoms with Crippen LogP contribution in [0.2, 0.25) is 0 Å². The van der Waals surface area contributed by atoms with Crippen LogP contribution in [0.15, 0.2) is 41.8 Å². The van der Waals surface area contributed by atoms with Crippen molar-refractivity contribution in [2.75, 3.05) is 13.7 Å². The summed E-state index contributed by atoms with van der Waals surface area (Å²) in [6.07, 6.45) is 0. The molecule has 0 radical (unpaired) electrons. The molecular formula is C18H14N2O5S. The summed E-state index contributed by atoms with van der Waals surface area (Å²) >= 11 is 1.34. The number of imide groups is 1. The third-order valence-corrected chi connectivity index (χ3v) is 5.55. The normalized spacial score (nSPS) is 20.0. The average molecular weight is 370 g/mol. The van der Waals surface area contributed by atoms with E-state index in [1.54, 1.807) is 41.8 Å². The standard InChI is InChI=1S/C18H14N2O5S/c1-25-18(24)14(13-7-4-8-26-13)19-9-12(17(19)23)20-15(21)10-5-2-3-6-11(10)16(20)22/h2-8,12,14H,9H2,1H3. The molecule has 1 fully saturated rings. The highest BCUT2D eigenvalue weighted by molar-refractivity contribution is 7.10. The number of carbonyl (C=O) groups excluding carboxylic acids is 4. The molecule has 1 aromatic carbocycles. The van der Waals surface area contributed by atoms with Gasteiger partial charge in [0, 0.05) is 4.88 Å². The smallest absolute Gasteiger partial charge is 0.334 e. The van der Waals surface area contributed by atoms with Gasteiger partial charge < -0.3 is 9.64 Å². The number of esters is 1. The second kappa shape index (κ2) is 6.06. The lowest BCUT2D eigenvalue weighted by atomic mass is 10.0. The quantitative estimate of drug-likeness (QED) is 0.462. The first-order valence-corrected chi connectivity index (χ1v) is 8.81. The maximum Gasteiger partial charge on any atom is 0.334 e. The van der Waals surface area contributed by atoms with Gasteiger partial charge in [0.25, 0.3) is 11.8 Å². The van der Waals surface area contributed by atoms with Gasteiger partial charge in [-0.05, 0) is 23.6 Å². The van der Waals surface area contributed by atoms with Gasteiger partial charge in [-0.1, -0.05) is 18.2 Å². The van der Waals surface area contributed by atoms with Crippen molar-refractivity contribution in [1.82, 2.24) is 9.80 Å². The number of nitrogens with zero attached hydrogens (tertiary/aromatic N) is 2. The van der Waals surface area contributed by atoms with Crippen molar-refractivity contribution in [3.63, 3.8) is 0 Å². The molecule has 132 valence electrons. The highest BCUT2D eigenvalue weighted by atomic mass is 32.1. The zero-order valence-electron chi connectivity index (χ0n) is 13.7. The van der Waals surface area contributed by atoms with E-state index < -0.39 is 35.8 Å². The molecule has 0 aliphatic carbocycles. The monoisotopic (exact) mass is 370 g/mol. The molecule has 2 aromatic rings. The Morgan fingerprint density at radius 3 is 2.27 bits per heavy atom. The number of rotatable bonds is 4. The maximum atomic E-state index is 12.7. The van der Waals surface area contributed by atoms with Gasteiger partial charge >= 0.3 is 5.97 Å². The molecular weight excluding hydrogens is 356 g/mol. The van der Waals surface area contributed by atoms with Crippen molar-refractivity contribution in [3.05, 3.63) is 57.8 Å². The Kier molecular flexibility index (Phi) is 3.84. The largest absolute Gasteiger partial charge is 0.467 e. The zero-order valence-corrected chi connectivity index (χ0v) is 14.6. The Morgan fingerprint density at radius 1 is 1.12 bits per heavy atom. The molecule has 7 nitrogen and oxygen atoms in total. The average Bonchev–Trinajstić information content (AvgIpc) is 3.26. The van der Waals surface area contributed by atoms with Crippen molar-refractivity contribution in [3.8, 4) is 0 Å². The van der Waals surface area contributed by atoms with E-state index in [4.69, 9.17) is 4.74 Å². The Balaban J connectivity index is 1.58. The number of β-lactam (4-membered cyclic amide) rings is 1. The molecule has 0 saturated carbocycles. The van der Waals surface area contributed by atoms with Crippen LogP contribution in [0, 0.1) is 0 Å². The van der Waals surface area contributed by atoms with E-state index in [0.717, 1.165) is 4.90 Å². The number of thiophene rings is 1. The Hall–Kier alpha value is -3.00. The van der Waals surface area contributed by atoms with Crippen molar-refractivity contribution in [2.45, 2.75) is 12.1 Å². The molecule has 1 aromatic heterocycles. The summed E-state index contributed by atoms with van der Waals surface area (Å²) < 4.78 is 4.82. The third kappa shape index (κ3) is 2.26. The number of likely N-dealkylation sites (tertiary alicyclic amines) is 1. The number of ether oxygens (including phenoxy) is 1. The van der Waals surface area contributed by atoms with Crippen molar-refractivity contribution in [2.24, 2.45) is 0 Å². The Labute approximate surface area is 152 Å². The molecule has 2 unspecified atom stereocenters. The molecule has 2 atom stereocenters. The first kappa shape index (κ1) is 16.5. The fraction of sp³-hybridized carbons (Fsp3) is 0.222. The number of carbonyl (C=O) groups is 4. The lowest BCUT2D eigenvalue weighted by Crippen LogP contribution is -2.66. The molecule has 8 heteroatoms. The highest BCUT2D eigenvalue weighted by Crippen LogP contribution is 2.35. The van der Waals surface area contributed by atoms with Gasteiger partial charge in [0.15, 0.2) is 6.04 Å². The van der Waals surface area contributed by atoms with Crippen LogP contribution in [-0.2, 0) is 14.3 Å². The van der Waals surface area contributed by atoms with Gasteiger partial charge in [-0.3, -0.25) is 19.3 Å². The minimum Gasteiger partial charge on any atom is -0.467 e. The minimum absolute atomic E-state index is 0.0992. The molecule has 26 heavy (non-hydrogen) atoms. The number of methoxy groups -OCH3 is 1. The van der Waals surface area contributed by atoms with Gasteiger partial charge in [-0.15, -0.1) is 11.3 Å². The topological polar surface area (TPSA) is 84.0 Å². The second-order valence-electron chi connectivity index (χ2n) is 5.97. The molecule has 3 heterocycles. The van der Waals surface area contributed by atoms with Crippen LogP contribution in [0.3, 0.4) is 0 Å². The SMILES string of the molecule is COC(=O)C(c1cccs1)N1CC(N2C(=O)c3ccccc3C2=O)C1=O. The second-order valence-corrected chi connectivity index (χ2v) is 6.95. The van der Waals surface area contributed by atoms with Crippen LogP contribution < -0.4 is 0 Å². The van der Waals surface area contributed by atoms with Gasteiger partial charge in [-0.2, -0.15) is 0 Å². The summed E-state index contributed by atoms with van der Waals surface area (Å²) in [5.74, 6) is -1.95. The molecule has 1 saturated heterocycles. The fourth-order valence-electron chi connectivity index (χ4n) is 3.30. The van der Waals surface area contributed by atoms with Crippen LogP contribution in [0.25, 0.3) is 0 Å². The third-order valence-electron chi connectivity index (χ3n) is 4.62. The van der Waals surface area contributed by atoms with E-state index in [-0.39, 0.29) is 6.54 Å². The van der Waals surface area contributed by atoms with Crippen molar-refractivity contribution in [1.29, 1.82) is 0 Å². The lowest BCUT2D eigenvalue weighted by molar-refractivity contribution is -0.163. The van der Waals surface area contributed by atoms with Crippen LogP contribution in [0.1, 0.15) is 31.6 Å². The molecule has 2 aliphatic rings. The molecule has 0 spiro atoms. The van der Waals surface area contributed by atoms with Crippen LogP contribution in [-0.4, -0.2) is 53.2 Å². The van der Waals surface area contributed by atoms with E-state index in [0.29, 0.717) is 16.0 Å². The summed E-state index contributed by atoms with van der Waals surface area (Å²) in [6.45, 7) is 0.0992. The summed E-state index contributed by atoms with van der Waals surface area (Å²) in [5.41, 5.74) is 0.595. The lowest BCUT2D eigenvalue weighted by Gasteiger charge is -2.44. The first-order valence-electron chi connectivity index (χ1n) is 7.93. The predicted molar refractivity (Wildman–Crippen MR) is 91.5 cm³/mol. The van der Waals surface area contributed by atoms with Crippen molar-refractivity contribution < 1.29 is 23.9 Å². The summed E-state index contributed by atoms with van der Waals surface area (Å²) in [4.78, 5) is 53.0. The highest BCUT2D eigenvalue weighted by Gasteiger charge is 2.53. The van der Waals surface area contributed by atoms with Crippen LogP contribution in [0.5, 0.6) is 0 Å². The number of amides is 3. The zero-order chi connectivity index (χ0) is 18.4. The number of hydrogen-bond donors (Lipinski definition) is 0. The van der Waals surface area contributed by atoms with Gasteiger partial charge in [-0.25, -0.2) is 4.79 Å². The van der Waals surface area contributed by atoms with Crippen molar-refractivity contribution >= 4 is 35.0 Å². The number of fused-ring (bicyclic) bond motifs is 1. The molecule has 4 rings (SSSR count). The fourth-order valence-corrected chi connectivity index (χ4v) is 4.13. The van der Waals surface area contributed by atoms with Gasteiger partial charge in [0.05, 0.1) is 24.8 Å². The maximum absolute atomic E-state index is 12.7. The Morgan fingerprint density at radius 2 is 1.77 bits per heavy atom.